The summed E-state index contributed by atoms with van der Waals surface area (Å²) in [5.74, 6) is -0.589. The summed E-state index contributed by atoms with van der Waals surface area (Å²) >= 11 is 3.25. The van der Waals surface area contributed by atoms with Crippen molar-refractivity contribution in [3.63, 3.8) is 0 Å². The van der Waals surface area contributed by atoms with Gasteiger partial charge in [-0.05, 0) is 311 Å². The molecule has 0 bridgehead atoms. The van der Waals surface area contributed by atoms with Gasteiger partial charge in [0.1, 0.15) is 0 Å². The highest BCUT2D eigenvalue weighted by molar-refractivity contribution is 9.50. The molecule has 1 fully saturated rings. The average molecular weight is 2680 g/mol. The van der Waals surface area contributed by atoms with E-state index in [-0.39, 0.29) is 203 Å². The number of carbonyl (C=O) groups excluding carboxylic acids is 2. The largest absolute Gasteiger partial charge is 0.494 e. The zero-order valence-electron chi connectivity index (χ0n) is 69.5. The van der Waals surface area contributed by atoms with Crippen LogP contribution in [0.25, 0.3) is 11.1 Å². The number of rotatable bonds is 24. The first-order chi connectivity index (χ1) is 61.5. The van der Waals surface area contributed by atoms with Gasteiger partial charge in [0.2, 0.25) is 39.3 Å². The molecule has 1 saturated heterocycles. The average Bonchev–Trinajstić information content (AvgIpc) is 1.42. The molecule has 0 N–H and O–H groups in total. The lowest BCUT2D eigenvalue weighted by Gasteiger charge is -2.56. The molecule has 10 aromatic rings. The summed E-state index contributed by atoms with van der Waals surface area (Å²) in [4.78, 5) is 30.7. The van der Waals surface area contributed by atoms with Crippen molar-refractivity contribution in [2.24, 2.45) is 0 Å². The second kappa shape index (κ2) is 52.0. The summed E-state index contributed by atoms with van der Waals surface area (Å²) < 4.78 is 118. The fraction of sp³-hybridized carbons (Fsp3) is 0.0882. The molecule has 10 aromatic carbocycles. The number of para-hydroxylation sites is 4. The smallest absolute Gasteiger partial charge is 0.399 e. The van der Waals surface area contributed by atoms with Crippen molar-refractivity contribution in [2.45, 2.75) is 78.1 Å². The molecule has 63 heteroatoms. The molecule has 25 atom stereocenters. The zero-order valence-corrected chi connectivity index (χ0v) is 119. The van der Waals surface area contributed by atoms with Gasteiger partial charge in [0.05, 0.1) is 73.1 Å². The van der Waals surface area contributed by atoms with Crippen molar-refractivity contribution in [3.8, 4) is 11.1 Å². The van der Waals surface area contributed by atoms with E-state index in [0.717, 1.165) is 30.4 Å². The Morgan fingerprint density at radius 3 is 0.924 bits per heavy atom. The molecule has 0 amide bonds. The lowest BCUT2D eigenvalue weighted by atomic mass is 9.79. The zero-order chi connectivity index (χ0) is 96.1. The molecule has 14 nitrogen and oxygen atoms in total. The van der Waals surface area contributed by atoms with Crippen LogP contribution in [0.15, 0.2) is 274 Å². The Labute approximate surface area is 856 Å². The van der Waals surface area contributed by atoms with Gasteiger partial charge in [-0.1, -0.05) is 127 Å². The van der Waals surface area contributed by atoms with Crippen LogP contribution >= 0.6 is 360 Å². The summed E-state index contributed by atoms with van der Waals surface area (Å²) in [6.45, 7) is 6.07. The summed E-state index contributed by atoms with van der Waals surface area (Å²) in [5.41, 5.74) is 6.12. The van der Waals surface area contributed by atoms with Crippen molar-refractivity contribution in [3.05, 3.63) is 257 Å². The maximum atomic E-state index is 13.4. The number of nitrogens with zero attached hydrogens (tertiary/aromatic N) is 2. The minimum Gasteiger partial charge on any atom is -0.399 e. The molecule has 0 radical (unpaired) electrons. The van der Waals surface area contributed by atoms with Crippen LogP contribution in [-0.2, 0) is 48.7 Å². The lowest BCUT2D eigenvalue weighted by Crippen LogP contribution is -2.41. The van der Waals surface area contributed by atoms with Crippen molar-refractivity contribution in [1.82, 2.24) is 0 Å². The maximum Gasteiger partial charge on any atom is 0.494 e. The first-order valence-corrected chi connectivity index (χ1v) is 122. The highest BCUT2D eigenvalue weighted by atomic mass is 79.9. The van der Waals surface area contributed by atoms with Gasteiger partial charge in [-0.3, -0.25) is 9.59 Å². The fourth-order valence-electron chi connectivity index (χ4n) is 13.9. The number of ketones is 2. The fourth-order valence-corrected chi connectivity index (χ4v) is 616. The highest BCUT2D eigenvalue weighted by Crippen LogP contribution is 3.44. The molecule has 0 spiro atoms. The third-order valence-corrected chi connectivity index (χ3v) is 322. The predicted molar refractivity (Wildman–Crippen MR) is 699 cm³/mol. The summed E-state index contributed by atoms with van der Waals surface area (Å²) in [7, 11) is 61.0. The Morgan fingerprint density at radius 1 is 0.298 bits per heavy atom. The molecule has 5 aliphatic rings. The van der Waals surface area contributed by atoms with E-state index < -0.39 is 57.7 Å². The van der Waals surface area contributed by atoms with Crippen molar-refractivity contribution in [1.29, 1.82) is 0 Å². The highest BCUT2D eigenvalue weighted by Gasteiger charge is 2.58. The van der Waals surface area contributed by atoms with Gasteiger partial charge in [0, 0.05) is 38.1 Å². The molecular formula is C68H95BBrN2O12P43S4. The van der Waals surface area contributed by atoms with E-state index in [4.69, 9.17) is 9.31 Å². The van der Waals surface area contributed by atoms with Gasteiger partial charge >= 0.3 is 7.12 Å². The molecule has 698 valence electrons. The number of fused-ring (bicyclic) bond motifs is 8. The first kappa shape index (κ1) is 120. The van der Waals surface area contributed by atoms with E-state index >= 15 is 0 Å². The monoisotopic (exact) mass is 2680 g/mol. The van der Waals surface area contributed by atoms with E-state index in [1.165, 1.54) is 30.3 Å². The van der Waals surface area contributed by atoms with Gasteiger partial charge in [0.15, 0.2) is 11.6 Å². The van der Waals surface area contributed by atoms with E-state index in [1.807, 2.05) is 110 Å². The number of halogens is 1. The van der Waals surface area contributed by atoms with Crippen molar-refractivity contribution in [2.75, 3.05) is 9.80 Å². The molecule has 25 unspecified atom stereocenters. The molecule has 15 rings (SSSR count). The molecule has 0 aromatic heterocycles. The molecule has 0 aliphatic carbocycles. The van der Waals surface area contributed by atoms with Gasteiger partial charge in [-0.2, -0.15) is 0 Å². The molecular weight excluding hydrogens is 2590 g/mol. The van der Waals surface area contributed by atoms with E-state index in [9.17, 15) is 43.3 Å². The lowest BCUT2D eigenvalue weighted by molar-refractivity contribution is 0.00578. The van der Waals surface area contributed by atoms with Crippen LogP contribution in [0.5, 0.6) is 0 Å². The van der Waals surface area contributed by atoms with Gasteiger partial charge in [-0.25, -0.2) is 33.7 Å². The van der Waals surface area contributed by atoms with Gasteiger partial charge in [-0.15, -0.1) is 196 Å². The standard InChI is InChI=1S/C31H19NO5S2.C24H24BNO4S.C13H7BrO3S.H45P43/c33-31-23-10-1-4-13-27(23)38(34,35)28-17-16-21(19-24(28)31)20-8-7-9-22(18-20)32-25-11-2-5-14-29(25)39(36,37)30-15-6-3-12-26(30)32;1-23(2)24(3,4)30-25(29-23)17-10-9-11-18(16-17)26-19-12-5-7-14-21(19)31(27,28)22-15-8-6-13-20(22)26;14-8-5-6-12-10(7-8)13(15)9-3-1-2-4-11(9)18(12,16)17;1-23-34(22)40(35(24(2)3)25(4)5)43(41(36(26(6)7)27(8)9)37(28(10)11)29(12)13)42(38(30(14)15)31(16)17)39(32(18)19)33(20)21/h1-19H;5-16H,1-4H3;1-7H;23H,1-22H2. The SMILES string of the molecule is CC1(C)OB(c2cccc(N3c4ccccc4S(=O)(=O)c4ccccc43)c2)OC1(C)C.O=C1c2ccccc2S(=O)(=O)c2ccc(-c3cccc(N4c5ccccc5S(=O)(=O)c5ccccc54)c3)cc21.O=C1c2ccccc2S(=O)(=O)c2ccc(Br)cc21.PPP(P)P(P(P(P)P)P(P)P)P(P(P(P(P)P)P(P)P)P(P(P)P)P(P)P)P(P(P(P)P)P(P)P)P(P(P)P)P(P)P. The number of hydrogen-bond donors (Lipinski definition) is 0. The third-order valence-electron chi connectivity index (χ3n) is 20.2. The molecule has 5 heterocycles. The minimum absolute atomic E-state index is 0.00445. The van der Waals surface area contributed by atoms with Gasteiger partial charge < -0.3 is 19.1 Å². The quantitative estimate of drug-likeness (QED) is 0.0409. The maximum absolute atomic E-state index is 13.4. The summed E-state index contributed by atoms with van der Waals surface area (Å²) in [6.07, 6.45) is 0. The summed E-state index contributed by atoms with van der Waals surface area (Å²) in [5, 5.41) is 0. The van der Waals surface area contributed by atoms with Crippen LogP contribution < -0.4 is 15.3 Å². The van der Waals surface area contributed by atoms with Crippen LogP contribution in [0, 0.1) is 0 Å². The van der Waals surface area contributed by atoms with Crippen LogP contribution in [0.2, 0.25) is 0 Å². The first-order valence-electron chi connectivity index (χ1n) is 37.4. The predicted octanol–water partition coefficient (Wildman–Crippen LogP) is 38.8. The molecule has 131 heavy (non-hydrogen) atoms. The second-order valence-corrected chi connectivity index (χ2v) is 211. The van der Waals surface area contributed by atoms with E-state index in [0.29, 0.717) is 42.6 Å². The topological polar surface area (TPSA) is 196 Å². The summed E-state index contributed by atoms with van der Waals surface area (Å²) in [6, 6.07) is 65.3. The van der Waals surface area contributed by atoms with E-state index in [2.05, 4.69) is 212 Å². The number of anilines is 6. The second-order valence-electron chi connectivity index (χ2n) is 29.0. The Hall–Kier alpha value is 9.89. The Balaban J connectivity index is 0.000000163. The normalized spacial score (nSPS) is 17.0. The third kappa shape index (κ3) is 26.8. The van der Waals surface area contributed by atoms with Crippen molar-refractivity contribution < 1.29 is 52.6 Å². The minimum atomic E-state index is -3.82. The molecule has 5 aliphatic heterocycles. The van der Waals surface area contributed by atoms with Crippen molar-refractivity contribution >= 4 is 458 Å². The van der Waals surface area contributed by atoms with Crippen LogP contribution in [0.3, 0.4) is 0 Å². The number of carbonyl (C=O) groups is 2. The van der Waals surface area contributed by atoms with Crippen LogP contribution in [0.1, 0.15) is 59.5 Å². The Kier molecular flexibility index (Phi) is 47.4. The number of benzene rings is 10. The van der Waals surface area contributed by atoms with Crippen LogP contribution in [-0.4, -0.2) is 63.6 Å². The Bertz CT molecular complexity index is 6170. The van der Waals surface area contributed by atoms with Crippen LogP contribution in [0.4, 0.5) is 34.1 Å². The Morgan fingerprint density at radius 2 is 0.573 bits per heavy atom. The van der Waals surface area contributed by atoms with E-state index in [1.54, 1.807) is 127 Å². The number of sulfone groups is 4. The van der Waals surface area contributed by atoms with Gasteiger partial charge in [0.25, 0.3) is 0 Å². The molecule has 0 saturated carbocycles. The number of hydrogen-bond acceptors (Lipinski definition) is 14.